The molecule has 0 spiro atoms. The largest absolute Gasteiger partial charge is 0.488 e. The van der Waals surface area contributed by atoms with E-state index >= 15 is 0 Å². The van der Waals surface area contributed by atoms with E-state index in [1.54, 1.807) is 23.1 Å². The predicted octanol–water partition coefficient (Wildman–Crippen LogP) is 0.0224. The Kier molecular flexibility index (Phi) is 7.75. The first kappa shape index (κ1) is 23.6. The average Bonchev–Trinajstić information content (AvgIpc) is 3.25. The molecule has 3 atom stereocenters. The molecule has 0 saturated carbocycles. The van der Waals surface area contributed by atoms with E-state index < -0.39 is 0 Å². The Hall–Kier alpha value is -3.05. The van der Waals surface area contributed by atoms with Gasteiger partial charge >= 0.3 is 0 Å². The Labute approximate surface area is 187 Å². The Morgan fingerprint density at radius 1 is 1.41 bits per heavy atom. The molecule has 0 unspecified atom stereocenters. The zero-order chi connectivity index (χ0) is 23.3. The van der Waals surface area contributed by atoms with Gasteiger partial charge in [-0.2, -0.15) is 0 Å². The van der Waals surface area contributed by atoms with Crippen LogP contribution < -0.4 is 10.1 Å². The highest BCUT2D eigenvalue weighted by Crippen LogP contribution is 2.29. The third-order valence-electron chi connectivity index (χ3n) is 5.44. The number of amides is 2. The van der Waals surface area contributed by atoms with Gasteiger partial charge in [0.05, 0.1) is 19.1 Å². The van der Waals surface area contributed by atoms with E-state index in [4.69, 9.17) is 4.74 Å². The fourth-order valence-corrected chi connectivity index (χ4v) is 3.69. The summed E-state index contributed by atoms with van der Waals surface area (Å²) in [6.45, 7) is 4.92. The SMILES string of the molecule is C[C@H](CO)N1C[C@H](C)[C@H](CN(C)C)Oc2ccc(NC(=O)Cn3cnnn3)cc2CC1=O. The number of carbonyl (C=O) groups is 2. The van der Waals surface area contributed by atoms with E-state index in [1.807, 2.05) is 25.9 Å². The number of aromatic nitrogens is 4. The Bertz CT molecular complexity index is 919. The molecule has 0 fully saturated rings. The van der Waals surface area contributed by atoms with Crippen molar-refractivity contribution < 1.29 is 19.4 Å². The summed E-state index contributed by atoms with van der Waals surface area (Å²) < 4.78 is 7.69. The van der Waals surface area contributed by atoms with Gasteiger partial charge in [0.2, 0.25) is 11.8 Å². The number of aliphatic hydroxyl groups excluding tert-OH is 1. The topological polar surface area (TPSA) is 126 Å². The van der Waals surface area contributed by atoms with Crippen molar-refractivity contribution in [2.45, 2.75) is 39.0 Å². The van der Waals surface area contributed by atoms with Crippen LogP contribution in [0.15, 0.2) is 24.5 Å². The number of carbonyl (C=O) groups excluding carboxylic acids is 2. The molecule has 2 N–H and O–H groups in total. The van der Waals surface area contributed by atoms with Crippen molar-refractivity contribution in [3.8, 4) is 5.75 Å². The Morgan fingerprint density at radius 2 is 2.19 bits per heavy atom. The van der Waals surface area contributed by atoms with Gasteiger partial charge in [-0.25, -0.2) is 4.68 Å². The summed E-state index contributed by atoms with van der Waals surface area (Å²) in [6.07, 6.45) is 1.32. The van der Waals surface area contributed by atoms with Crippen molar-refractivity contribution in [3.05, 3.63) is 30.1 Å². The minimum absolute atomic E-state index is 0.0241. The Morgan fingerprint density at radius 3 is 2.84 bits per heavy atom. The number of hydrogen-bond acceptors (Lipinski definition) is 8. The second-order valence-electron chi connectivity index (χ2n) is 8.53. The van der Waals surface area contributed by atoms with Crippen LogP contribution in [-0.4, -0.2) is 92.9 Å². The molecule has 0 aliphatic carbocycles. The van der Waals surface area contributed by atoms with Crippen LogP contribution in [0.4, 0.5) is 5.69 Å². The fourth-order valence-electron chi connectivity index (χ4n) is 3.69. The van der Waals surface area contributed by atoms with Crippen molar-refractivity contribution >= 4 is 17.5 Å². The minimum Gasteiger partial charge on any atom is -0.488 e. The molecule has 1 aromatic heterocycles. The summed E-state index contributed by atoms with van der Waals surface area (Å²) in [5, 5.41) is 23.2. The maximum atomic E-state index is 13.1. The van der Waals surface area contributed by atoms with Crippen molar-refractivity contribution in [2.24, 2.45) is 5.92 Å². The zero-order valence-electron chi connectivity index (χ0n) is 18.9. The molecular formula is C21H31N7O4. The quantitative estimate of drug-likeness (QED) is 0.611. The molecule has 2 aromatic rings. The van der Waals surface area contributed by atoms with Crippen LogP contribution in [-0.2, 0) is 22.6 Å². The van der Waals surface area contributed by atoms with Crippen molar-refractivity contribution in [2.75, 3.05) is 39.1 Å². The number of fused-ring (bicyclic) bond motifs is 1. The summed E-state index contributed by atoms with van der Waals surface area (Å²) >= 11 is 0. The lowest BCUT2D eigenvalue weighted by Gasteiger charge is -2.33. The molecular weight excluding hydrogens is 414 g/mol. The number of tetrazole rings is 1. The molecule has 2 amide bonds. The number of nitrogens with zero attached hydrogens (tertiary/aromatic N) is 6. The van der Waals surface area contributed by atoms with Gasteiger partial charge < -0.3 is 25.0 Å². The van der Waals surface area contributed by atoms with Gasteiger partial charge in [-0.1, -0.05) is 6.92 Å². The molecule has 174 valence electrons. The standard InChI is InChI=1S/C21H31N7O4/c1-14-9-28(15(2)12-29)21(31)8-16-7-17(23-20(30)11-27-13-22-24-25-27)5-6-18(16)32-19(14)10-26(3)4/h5-7,13-15,19,29H,8-12H2,1-4H3,(H,23,30)/t14-,15+,19-/m0/s1. The normalized spacial score (nSPS) is 20.1. The van der Waals surface area contributed by atoms with Gasteiger partial charge in [0.25, 0.3) is 0 Å². The van der Waals surface area contributed by atoms with E-state index in [-0.39, 0.29) is 49.5 Å². The van der Waals surface area contributed by atoms with E-state index in [0.717, 1.165) is 0 Å². The van der Waals surface area contributed by atoms with Gasteiger partial charge in [-0.05, 0) is 49.6 Å². The average molecular weight is 446 g/mol. The number of rotatable bonds is 7. The molecule has 1 aliphatic rings. The lowest BCUT2D eigenvalue weighted by Crippen LogP contribution is -2.47. The fraction of sp³-hybridized carbons (Fsp3) is 0.571. The number of benzene rings is 1. The summed E-state index contributed by atoms with van der Waals surface area (Å²) in [7, 11) is 3.96. The van der Waals surface area contributed by atoms with Gasteiger partial charge in [-0.3, -0.25) is 9.59 Å². The molecule has 2 heterocycles. The molecule has 1 aromatic carbocycles. The van der Waals surface area contributed by atoms with Crippen LogP contribution >= 0.6 is 0 Å². The second kappa shape index (κ2) is 10.5. The number of aliphatic hydroxyl groups is 1. The molecule has 32 heavy (non-hydrogen) atoms. The van der Waals surface area contributed by atoms with Crippen LogP contribution in [0.3, 0.4) is 0 Å². The van der Waals surface area contributed by atoms with Crippen LogP contribution in [0.1, 0.15) is 19.4 Å². The highest BCUT2D eigenvalue weighted by Gasteiger charge is 2.30. The maximum absolute atomic E-state index is 13.1. The molecule has 11 heteroatoms. The van der Waals surface area contributed by atoms with Gasteiger partial charge in [0.15, 0.2) is 0 Å². The molecule has 1 aliphatic heterocycles. The molecule has 0 radical (unpaired) electrons. The van der Waals surface area contributed by atoms with Gasteiger partial charge in [-0.15, -0.1) is 5.10 Å². The van der Waals surface area contributed by atoms with Crippen molar-refractivity contribution in [1.29, 1.82) is 0 Å². The van der Waals surface area contributed by atoms with Crippen LogP contribution in [0.5, 0.6) is 5.75 Å². The predicted molar refractivity (Wildman–Crippen MR) is 117 cm³/mol. The third-order valence-corrected chi connectivity index (χ3v) is 5.44. The summed E-state index contributed by atoms with van der Waals surface area (Å²) in [4.78, 5) is 29.2. The van der Waals surface area contributed by atoms with Crippen molar-refractivity contribution in [1.82, 2.24) is 30.0 Å². The molecule has 11 nitrogen and oxygen atoms in total. The first-order valence-electron chi connectivity index (χ1n) is 10.6. The smallest absolute Gasteiger partial charge is 0.246 e. The van der Waals surface area contributed by atoms with E-state index in [9.17, 15) is 14.7 Å². The second-order valence-corrected chi connectivity index (χ2v) is 8.53. The third kappa shape index (κ3) is 6.01. The number of ether oxygens (including phenoxy) is 1. The minimum atomic E-state index is -0.300. The molecule has 3 rings (SSSR count). The van der Waals surface area contributed by atoms with Crippen LogP contribution in [0, 0.1) is 5.92 Å². The highest BCUT2D eigenvalue weighted by atomic mass is 16.5. The van der Waals surface area contributed by atoms with E-state index in [1.165, 1.54) is 11.0 Å². The van der Waals surface area contributed by atoms with E-state index in [2.05, 4.69) is 27.8 Å². The number of hydrogen-bond donors (Lipinski definition) is 2. The van der Waals surface area contributed by atoms with Crippen LogP contribution in [0.2, 0.25) is 0 Å². The zero-order valence-corrected chi connectivity index (χ0v) is 18.9. The number of anilines is 1. The van der Waals surface area contributed by atoms with E-state index in [0.29, 0.717) is 30.1 Å². The van der Waals surface area contributed by atoms with Gasteiger partial charge in [0, 0.05) is 30.3 Å². The maximum Gasteiger partial charge on any atom is 0.246 e. The summed E-state index contributed by atoms with van der Waals surface area (Å²) in [5.74, 6) is 0.291. The van der Waals surface area contributed by atoms with Gasteiger partial charge in [0.1, 0.15) is 24.7 Å². The van der Waals surface area contributed by atoms with Crippen LogP contribution in [0.25, 0.3) is 0 Å². The number of likely N-dealkylation sites (N-methyl/N-ethyl adjacent to an activating group) is 1. The number of nitrogens with one attached hydrogen (secondary N) is 1. The highest BCUT2D eigenvalue weighted by molar-refractivity contribution is 5.91. The monoisotopic (exact) mass is 445 g/mol. The summed E-state index contributed by atoms with van der Waals surface area (Å²) in [5.41, 5.74) is 1.24. The first-order valence-corrected chi connectivity index (χ1v) is 10.6. The molecule has 0 saturated heterocycles. The molecule has 0 bridgehead atoms. The lowest BCUT2D eigenvalue weighted by molar-refractivity contribution is -0.134. The summed E-state index contributed by atoms with van der Waals surface area (Å²) in [6, 6.07) is 5.00. The lowest BCUT2D eigenvalue weighted by atomic mass is 10.0. The Balaban J connectivity index is 1.87. The first-order chi connectivity index (χ1) is 15.3. The van der Waals surface area contributed by atoms with Crippen molar-refractivity contribution in [3.63, 3.8) is 0 Å².